The topological polar surface area (TPSA) is 47.6 Å². The predicted molar refractivity (Wildman–Crippen MR) is 106 cm³/mol. The summed E-state index contributed by atoms with van der Waals surface area (Å²) in [5.74, 6) is 0.838. The van der Waals surface area contributed by atoms with Gasteiger partial charge < -0.3 is 14.8 Å². The molecule has 0 fully saturated rings. The zero-order chi connectivity index (χ0) is 18.9. The Morgan fingerprint density at radius 1 is 1.04 bits per heavy atom. The third-order valence-corrected chi connectivity index (χ3v) is 5.13. The average molecular weight is 361 g/mol. The lowest BCUT2D eigenvalue weighted by Crippen LogP contribution is -2.50. The fourth-order valence-electron chi connectivity index (χ4n) is 3.97. The summed E-state index contributed by atoms with van der Waals surface area (Å²) < 4.78 is 10.9. The van der Waals surface area contributed by atoms with Crippen LogP contribution < -0.4 is 10.1 Å². The fourth-order valence-corrected chi connectivity index (χ4v) is 3.97. The molecule has 0 radical (unpaired) electrons. The van der Waals surface area contributed by atoms with Gasteiger partial charge in [-0.05, 0) is 59.4 Å². The molecule has 138 valence electrons. The number of hydrogen-bond donors (Lipinski definition) is 1. The van der Waals surface area contributed by atoms with Crippen molar-refractivity contribution in [3.63, 3.8) is 0 Å². The van der Waals surface area contributed by atoms with Gasteiger partial charge in [-0.15, -0.1) is 0 Å². The van der Waals surface area contributed by atoms with Crippen molar-refractivity contribution < 1.29 is 14.3 Å². The Morgan fingerprint density at radius 2 is 1.81 bits per heavy atom. The van der Waals surface area contributed by atoms with Gasteiger partial charge in [0.2, 0.25) is 0 Å². The van der Waals surface area contributed by atoms with Crippen LogP contribution in [-0.2, 0) is 24.2 Å². The predicted octanol–water partition coefficient (Wildman–Crippen LogP) is 4.63. The highest BCUT2D eigenvalue weighted by atomic mass is 16.5. The first-order chi connectivity index (χ1) is 13.1. The summed E-state index contributed by atoms with van der Waals surface area (Å²) in [6.07, 6.45) is 1.11. The molecule has 4 heteroatoms. The van der Waals surface area contributed by atoms with Gasteiger partial charge in [0, 0.05) is 5.54 Å². The van der Waals surface area contributed by atoms with Crippen molar-refractivity contribution in [3.8, 4) is 5.75 Å². The van der Waals surface area contributed by atoms with Crippen molar-refractivity contribution >= 4 is 16.9 Å². The molecule has 0 aliphatic heterocycles. The van der Waals surface area contributed by atoms with E-state index in [0.29, 0.717) is 0 Å². The van der Waals surface area contributed by atoms with Crippen molar-refractivity contribution in [3.05, 3.63) is 77.4 Å². The van der Waals surface area contributed by atoms with Crippen LogP contribution in [0.3, 0.4) is 0 Å². The van der Waals surface area contributed by atoms with Crippen LogP contribution in [0.1, 0.15) is 23.6 Å². The van der Waals surface area contributed by atoms with E-state index in [0.717, 1.165) is 24.2 Å². The Labute approximate surface area is 159 Å². The Hall–Kier alpha value is -3.01. The molecule has 1 amide bonds. The van der Waals surface area contributed by atoms with Crippen molar-refractivity contribution in [2.75, 3.05) is 7.11 Å². The molecule has 3 aromatic carbocycles. The first-order valence-electron chi connectivity index (χ1n) is 9.14. The van der Waals surface area contributed by atoms with Crippen molar-refractivity contribution in [2.45, 2.75) is 31.9 Å². The minimum atomic E-state index is -0.401. The van der Waals surface area contributed by atoms with Gasteiger partial charge in [0.25, 0.3) is 0 Å². The van der Waals surface area contributed by atoms with Crippen LogP contribution in [0.15, 0.2) is 60.7 Å². The first-order valence-corrected chi connectivity index (χ1v) is 9.14. The van der Waals surface area contributed by atoms with E-state index in [1.807, 2.05) is 30.3 Å². The maximum Gasteiger partial charge on any atom is 0.407 e. The molecule has 0 heterocycles. The van der Waals surface area contributed by atoms with E-state index < -0.39 is 5.54 Å². The molecule has 1 atom stereocenters. The molecular weight excluding hydrogens is 338 g/mol. The average Bonchev–Trinajstić information content (AvgIpc) is 2.66. The van der Waals surface area contributed by atoms with Gasteiger partial charge >= 0.3 is 6.09 Å². The number of methoxy groups -OCH3 is 1. The van der Waals surface area contributed by atoms with Crippen LogP contribution >= 0.6 is 0 Å². The lowest BCUT2D eigenvalue weighted by Gasteiger charge is -2.35. The van der Waals surface area contributed by atoms with E-state index in [2.05, 4.69) is 42.6 Å². The normalized spacial score (nSPS) is 18.1. The molecule has 27 heavy (non-hydrogen) atoms. The van der Waals surface area contributed by atoms with Gasteiger partial charge in [-0.3, -0.25) is 0 Å². The number of amides is 1. The van der Waals surface area contributed by atoms with Gasteiger partial charge in [0.15, 0.2) is 0 Å². The summed E-state index contributed by atoms with van der Waals surface area (Å²) in [6.45, 7) is 2.33. The SMILES string of the molecule is COc1cc2c3c(cccc3c1)CC(C)(NC(=O)OCc1ccccc1)C2. The highest BCUT2D eigenvalue weighted by Gasteiger charge is 2.33. The molecule has 1 aliphatic carbocycles. The summed E-state index contributed by atoms with van der Waals surface area (Å²) in [7, 11) is 1.68. The number of ether oxygens (including phenoxy) is 2. The maximum absolute atomic E-state index is 12.4. The second kappa shape index (κ2) is 6.95. The van der Waals surface area contributed by atoms with Gasteiger partial charge in [0.1, 0.15) is 12.4 Å². The number of rotatable bonds is 4. The number of nitrogens with one attached hydrogen (secondary N) is 1. The largest absolute Gasteiger partial charge is 0.497 e. The van der Waals surface area contributed by atoms with E-state index >= 15 is 0 Å². The maximum atomic E-state index is 12.4. The van der Waals surface area contributed by atoms with E-state index in [9.17, 15) is 4.79 Å². The van der Waals surface area contributed by atoms with Crippen LogP contribution in [0, 0.1) is 0 Å². The van der Waals surface area contributed by atoms with E-state index in [4.69, 9.17) is 9.47 Å². The summed E-state index contributed by atoms with van der Waals surface area (Å²) in [4.78, 5) is 12.4. The van der Waals surface area contributed by atoms with E-state index in [1.54, 1.807) is 7.11 Å². The lowest BCUT2D eigenvalue weighted by molar-refractivity contribution is 0.127. The van der Waals surface area contributed by atoms with Crippen molar-refractivity contribution in [1.29, 1.82) is 0 Å². The minimum Gasteiger partial charge on any atom is -0.497 e. The number of carbonyl (C=O) groups is 1. The van der Waals surface area contributed by atoms with Gasteiger partial charge in [-0.1, -0.05) is 48.5 Å². The smallest absolute Gasteiger partial charge is 0.407 e. The summed E-state index contributed by atoms with van der Waals surface area (Å²) in [6, 6.07) is 20.1. The van der Waals surface area contributed by atoms with Crippen LogP contribution in [0.4, 0.5) is 4.79 Å². The quantitative estimate of drug-likeness (QED) is 0.737. The van der Waals surface area contributed by atoms with Crippen LogP contribution in [0.5, 0.6) is 5.75 Å². The second-order valence-electron chi connectivity index (χ2n) is 7.40. The molecule has 4 rings (SSSR count). The number of hydrogen-bond acceptors (Lipinski definition) is 3. The van der Waals surface area contributed by atoms with Gasteiger partial charge in [-0.25, -0.2) is 4.79 Å². The monoisotopic (exact) mass is 361 g/mol. The molecule has 1 unspecified atom stereocenters. The Bertz CT molecular complexity index is 984. The second-order valence-corrected chi connectivity index (χ2v) is 7.40. The molecule has 0 spiro atoms. The zero-order valence-electron chi connectivity index (χ0n) is 15.6. The van der Waals surface area contributed by atoms with Crippen LogP contribution in [0.25, 0.3) is 10.8 Å². The highest BCUT2D eigenvalue weighted by Crippen LogP contribution is 2.36. The molecule has 1 aliphatic rings. The number of alkyl carbamates (subject to hydrolysis) is 1. The summed E-state index contributed by atoms with van der Waals surface area (Å²) >= 11 is 0. The molecule has 0 saturated carbocycles. The fraction of sp³-hybridized carbons (Fsp3) is 0.261. The first kappa shape index (κ1) is 17.4. The summed E-state index contributed by atoms with van der Waals surface area (Å²) in [5.41, 5.74) is 3.00. The molecule has 4 nitrogen and oxygen atoms in total. The standard InChI is InChI=1S/C23H23NO3/c1-23(24-22(25)27-15-16-7-4-3-5-8-16)13-18-10-6-9-17-11-20(26-2)12-19(14-23)21(17)18/h3-12H,13-15H2,1-2H3,(H,24,25). The van der Waals surface area contributed by atoms with Crippen molar-refractivity contribution in [1.82, 2.24) is 5.32 Å². The Kier molecular flexibility index (Phi) is 4.48. The molecule has 1 N–H and O–H groups in total. The Balaban J connectivity index is 1.53. The Morgan fingerprint density at radius 3 is 2.59 bits per heavy atom. The molecule has 3 aromatic rings. The van der Waals surface area contributed by atoms with E-state index in [1.165, 1.54) is 21.9 Å². The molecule has 0 saturated heterocycles. The third kappa shape index (κ3) is 3.61. The van der Waals surface area contributed by atoms with E-state index in [-0.39, 0.29) is 12.7 Å². The lowest BCUT2D eigenvalue weighted by atomic mass is 9.77. The van der Waals surface area contributed by atoms with Crippen LogP contribution in [0.2, 0.25) is 0 Å². The highest BCUT2D eigenvalue weighted by molar-refractivity contribution is 5.91. The number of benzene rings is 3. The molecule has 0 bridgehead atoms. The third-order valence-electron chi connectivity index (χ3n) is 5.13. The summed E-state index contributed by atoms with van der Waals surface area (Å²) in [5, 5.41) is 5.53. The van der Waals surface area contributed by atoms with Crippen LogP contribution in [-0.4, -0.2) is 18.7 Å². The molecule has 0 aromatic heterocycles. The minimum absolute atomic E-state index is 0.267. The molecular formula is C23H23NO3. The van der Waals surface area contributed by atoms with Crippen molar-refractivity contribution in [2.24, 2.45) is 0 Å². The number of carbonyl (C=O) groups excluding carboxylic acids is 1. The van der Waals surface area contributed by atoms with Gasteiger partial charge in [-0.2, -0.15) is 0 Å². The zero-order valence-corrected chi connectivity index (χ0v) is 15.6. The van der Waals surface area contributed by atoms with Gasteiger partial charge in [0.05, 0.1) is 7.11 Å².